The number of carbonyl (C=O) groups is 2. The molecule has 9 heteroatoms. The summed E-state index contributed by atoms with van der Waals surface area (Å²) in [4.78, 5) is 27.6. The van der Waals surface area contributed by atoms with E-state index in [1.165, 1.54) is 31.5 Å². The van der Waals surface area contributed by atoms with Gasteiger partial charge in [-0.15, -0.1) is 0 Å². The molecule has 0 atom stereocenters. The molecule has 0 aliphatic carbocycles. The van der Waals surface area contributed by atoms with Crippen LogP contribution in [0, 0.1) is 0 Å². The molecule has 1 heterocycles. The zero-order valence-electron chi connectivity index (χ0n) is 11.7. The first-order valence-corrected chi connectivity index (χ1v) is 8.68. The fourth-order valence-corrected chi connectivity index (χ4v) is 3.28. The van der Waals surface area contributed by atoms with Crippen LogP contribution in [-0.2, 0) is 14.6 Å². The smallest absolute Gasteiger partial charge is 0.349 e. The molecular formula is C13H12N2O5S2. The number of nitrogens with zero attached hydrogens (tertiary/aromatic N) is 1. The van der Waals surface area contributed by atoms with E-state index >= 15 is 0 Å². The van der Waals surface area contributed by atoms with Crippen molar-refractivity contribution in [2.75, 3.05) is 18.7 Å². The highest BCUT2D eigenvalue weighted by Crippen LogP contribution is 2.21. The van der Waals surface area contributed by atoms with Crippen LogP contribution in [0.4, 0.5) is 5.13 Å². The first-order valence-electron chi connectivity index (χ1n) is 5.97. The number of anilines is 1. The second-order valence-electron chi connectivity index (χ2n) is 4.24. The quantitative estimate of drug-likeness (QED) is 0.848. The monoisotopic (exact) mass is 340 g/mol. The van der Waals surface area contributed by atoms with E-state index in [1.54, 1.807) is 6.07 Å². The van der Waals surface area contributed by atoms with Crippen molar-refractivity contribution in [3.8, 4) is 0 Å². The summed E-state index contributed by atoms with van der Waals surface area (Å²) in [6.07, 6.45) is 2.30. The Morgan fingerprint density at radius 1 is 1.27 bits per heavy atom. The Morgan fingerprint density at radius 3 is 2.59 bits per heavy atom. The van der Waals surface area contributed by atoms with Crippen molar-refractivity contribution in [2.45, 2.75) is 4.90 Å². The molecule has 2 aromatic rings. The number of hydrogen-bond acceptors (Lipinski definition) is 7. The Labute approximate surface area is 130 Å². The molecule has 0 bridgehead atoms. The van der Waals surface area contributed by atoms with Gasteiger partial charge in [0.2, 0.25) is 0 Å². The van der Waals surface area contributed by atoms with Crippen LogP contribution in [0.25, 0.3) is 0 Å². The van der Waals surface area contributed by atoms with Crippen LogP contribution in [0.3, 0.4) is 0 Å². The van der Waals surface area contributed by atoms with Crippen LogP contribution < -0.4 is 5.32 Å². The van der Waals surface area contributed by atoms with E-state index in [-0.39, 0.29) is 20.5 Å². The minimum absolute atomic E-state index is 0.0137. The van der Waals surface area contributed by atoms with E-state index in [4.69, 9.17) is 0 Å². The van der Waals surface area contributed by atoms with Crippen molar-refractivity contribution in [3.05, 3.63) is 40.9 Å². The second-order valence-corrected chi connectivity index (χ2v) is 7.26. The molecule has 1 aromatic heterocycles. The summed E-state index contributed by atoms with van der Waals surface area (Å²) in [6, 6.07) is 5.85. The maximum absolute atomic E-state index is 12.2. The van der Waals surface area contributed by atoms with E-state index in [2.05, 4.69) is 15.0 Å². The fourth-order valence-electron chi connectivity index (χ4n) is 1.67. The molecule has 1 amide bonds. The van der Waals surface area contributed by atoms with Crippen molar-refractivity contribution in [1.29, 1.82) is 0 Å². The molecule has 0 spiro atoms. The number of carbonyl (C=O) groups excluding carboxylic acids is 2. The third-order valence-electron chi connectivity index (χ3n) is 2.64. The molecule has 7 nitrogen and oxygen atoms in total. The summed E-state index contributed by atoms with van der Waals surface area (Å²) < 4.78 is 27.9. The topological polar surface area (TPSA) is 102 Å². The summed E-state index contributed by atoms with van der Waals surface area (Å²) in [6.45, 7) is 0. The summed E-state index contributed by atoms with van der Waals surface area (Å²) in [5.41, 5.74) is 0.0137. The molecule has 1 aromatic carbocycles. The van der Waals surface area contributed by atoms with Gasteiger partial charge in [0.05, 0.1) is 23.8 Å². The van der Waals surface area contributed by atoms with Crippen LogP contribution in [0.2, 0.25) is 0 Å². The van der Waals surface area contributed by atoms with Crippen molar-refractivity contribution in [2.24, 2.45) is 0 Å². The number of amides is 1. The molecule has 0 radical (unpaired) electrons. The van der Waals surface area contributed by atoms with Crippen molar-refractivity contribution < 1.29 is 22.7 Å². The largest absolute Gasteiger partial charge is 0.465 e. The van der Waals surface area contributed by atoms with Crippen LogP contribution in [0.1, 0.15) is 20.0 Å². The SMILES string of the molecule is COC(=O)c1cnc(NC(=O)c2ccccc2S(C)(=O)=O)s1. The van der Waals surface area contributed by atoms with Gasteiger partial charge >= 0.3 is 5.97 Å². The van der Waals surface area contributed by atoms with Crippen LogP contribution >= 0.6 is 11.3 Å². The molecule has 0 aliphatic rings. The normalized spacial score (nSPS) is 11.0. The van der Waals surface area contributed by atoms with Gasteiger partial charge in [0.1, 0.15) is 4.88 Å². The van der Waals surface area contributed by atoms with Gasteiger partial charge in [0.25, 0.3) is 5.91 Å². The molecule has 0 fully saturated rings. The number of ether oxygens (including phenoxy) is 1. The highest BCUT2D eigenvalue weighted by Gasteiger charge is 2.19. The molecule has 2 rings (SSSR count). The van der Waals surface area contributed by atoms with Gasteiger partial charge in [-0.2, -0.15) is 0 Å². The summed E-state index contributed by atoms with van der Waals surface area (Å²) in [5, 5.41) is 2.64. The molecule has 1 N–H and O–H groups in total. The van der Waals surface area contributed by atoms with Gasteiger partial charge in [0, 0.05) is 6.26 Å². The third kappa shape index (κ3) is 3.49. The van der Waals surface area contributed by atoms with Gasteiger partial charge < -0.3 is 4.74 Å². The maximum atomic E-state index is 12.2. The number of rotatable bonds is 4. The molecule has 0 saturated heterocycles. The van der Waals surface area contributed by atoms with Crippen molar-refractivity contribution >= 4 is 38.2 Å². The lowest BCUT2D eigenvalue weighted by molar-refractivity contribution is 0.0606. The average molecular weight is 340 g/mol. The Morgan fingerprint density at radius 2 is 1.95 bits per heavy atom. The van der Waals surface area contributed by atoms with Crippen molar-refractivity contribution in [1.82, 2.24) is 4.98 Å². The number of nitrogens with one attached hydrogen (secondary N) is 1. The standard InChI is InChI=1S/C13H12N2O5S2/c1-20-12(17)9-7-14-13(21-9)15-11(16)8-5-3-4-6-10(8)22(2,18)19/h3-7H,1-2H3,(H,14,15,16). The molecule has 0 saturated carbocycles. The lowest BCUT2D eigenvalue weighted by Gasteiger charge is -2.06. The van der Waals surface area contributed by atoms with Gasteiger partial charge in [-0.25, -0.2) is 18.2 Å². The average Bonchev–Trinajstić information content (AvgIpc) is 2.94. The van der Waals surface area contributed by atoms with Crippen LogP contribution in [-0.4, -0.2) is 38.6 Å². The Kier molecular flexibility index (Phi) is 4.57. The first-order chi connectivity index (χ1) is 10.3. The lowest BCUT2D eigenvalue weighted by atomic mass is 10.2. The van der Waals surface area contributed by atoms with Crippen molar-refractivity contribution in [3.63, 3.8) is 0 Å². The number of benzene rings is 1. The predicted molar refractivity (Wildman–Crippen MR) is 81.0 cm³/mol. The van der Waals surface area contributed by atoms with E-state index in [1.807, 2.05) is 0 Å². The third-order valence-corrected chi connectivity index (χ3v) is 4.69. The highest BCUT2D eigenvalue weighted by atomic mass is 32.2. The highest BCUT2D eigenvalue weighted by molar-refractivity contribution is 7.90. The summed E-state index contributed by atoms with van der Waals surface area (Å²) >= 11 is 0.935. The van der Waals surface area contributed by atoms with E-state index in [0.29, 0.717) is 0 Å². The number of esters is 1. The molecule has 0 unspecified atom stereocenters. The second kappa shape index (κ2) is 6.24. The number of hydrogen-bond donors (Lipinski definition) is 1. The Bertz CT molecular complexity index is 826. The fraction of sp³-hybridized carbons (Fsp3) is 0.154. The zero-order chi connectivity index (χ0) is 16.3. The lowest BCUT2D eigenvalue weighted by Crippen LogP contribution is -2.15. The van der Waals surface area contributed by atoms with E-state index in [9.17, 15) is 18.0 Å². The minimum atomic E-state index is -3.53. The summed E-state index contributed by atoms with van der Waals surface area (Å²) in [7, 11) is -2.30. The Balaban J connectivity index is 2.27. The first kappa shape index (κ1) is 16.1. The molecule has 22 heavy (non-hydrogen) atoms. The Hall–Kier alpha value is -2.26. The van der Waals surface area contributed by atoms with Gasteiger partial charge in [-0.1, -0.05) is 23.5 Å². The van der Waals surface area contributed by atoms with Gasteiger partial charge in [-0.3, -0.25) is 10.1 Å². The van der Waals surface area contributed by atoms with Gasteiger partial charge in [0.15, 0.2) is 15.0 Å². The van der Waals surface area contributed by atoms with Gasteiger partial charge in [-0.05, 0) is 12.1 Å². The van der Waals surface area contributed by atoms with Crippen LogP contribution in [0.15, 0.2) is 35.4 Å². The van der Waals surface area contributed by atoms with Crippen LogP contribution in [0.5, 0.6) is 0 Å². The number of methoxy groups -OCH3 is 1. The number of sulfone groups is 1. The maximum Gasteiger partial charge on any atom is 0.349 e. The number of aromatic nitrogens is 1. The molecular weight excluding hydrogens is 328 g/mol. The number of thiazole rings is 1. The minimum Gasteiger partial charge on any atom is -0.465 e. The zero-order valence-corrected chi connectivity index (χ0v) is 13.3. The molecule has 0 aliphatic heterocycles. The molecule has 116 valence electrons. The summed E-state index contributed by atoms with van der Waals surface area (Å²) in [5.74, 6) is -1.18. The predicted octanol–water partition coefficient (Wildman–Crippen LogP) is 1.59. The van der Waals surface area contributed by atoms with E-state index < -0.39 is 21.7 Å². The van der Waals surface area contributed by atoms with E-state index in [0.717, 1.165) is 17.6 Å².